The molecule has 0 bridgehead atoms. The number of unbranched alkanes of at least 4 members (excludes halogenated alkanes) is 12. The summed E-state index contributed by atoms with van der Waals surface area (Å²) in [6, 6.07) is -3.13. The van der Waals surface area contributed by atoms with Gasteiger partial charge in [-0.1, -0.05) is 91.2 Å². The van der Waals surface area contributed by atoms with Crippen molar-refractivity contribution in [2.24, 2.45) is 0 Å². The zero-order valence-corrected chi connectivity index (χ0v) is 26.2. The molecule has 0 saturated carbocycles. The second kappa shape index (κ2) is 23.8. The Bertz CT molecular complexity index is 647. The summed E-state index contributed by atoms with van der Waals surface area (Å²) in [7, 11) is 0. The molecule has 234 valence electrons. The van der Waals surface area contributed by atoms with E-state index in [9.17, 15) is 29.7 Å². The molecule has 3 unspecified atom stereocenters. The Morgan fingerprint density at radius 1 is 0.500 bits per heavy atom. The minimum absolute atomic E-state index is 0.269. The van der Waals surface area contributed by atoms with Gasteiger partial charge >= 0.3 is 17.9 Å². The lowest BCUT2D eigenvalue weighted by Crippen LogP contribution is -2.72. The van der Waals surface area contributed by atoms with E-state index in [2.05, 4.69) is 19.1 Å². The quantitative estimate of drug-likeness (QED) is 0.0495. The maximum atomic E-state index is 12.6. The number of nitrogens with zero attached hydrogens (tertiary/aromatic N) is 1. The summed E-state index contributed by atoms with van der Waals surface area (Å²) in [6.45, 7) is 8.13. The molecule has 0 fully saturated rings. The van der Waals surface area contributed by atoms with Gasteiger partial charge in [-0.2, -0.15) is 0 Å². The number of carbonyl (C=O) groups is 3. The highest BCUT2D eigenvalue weighted by molar-refractivity contribution is 5.78. The fourth-order valence-electron chi connectivity index (χ4n) is 6.28. The normalized spacial score (nSPS) is 15.5. The van der Waals surface area contributed by atoms with Crippen LogP contribution in [0.15, 0.2) is 12.2 Å². The van der Waals surface area contributed by atoms with Crippen LogP contribution in [-0.2, 0) is 14.4 Å². The third kappa shape index (κ3) is 14.1. The highest BCUT2D eigenvalue weighted by Crippen LogP contribution is 2.34. The lowest BCUT2D eigenvalue weighted by atomic mass is 9.91. The summed E-state index contributed by atoms with van der Waals surface area (Å²) >= 11 is 0. The molecule has 3 atom stereocenters. The third-order valence-electron chi connectivity index (χ3n) is 8.34. The van der Waals surface area contributed by atoms with Gasteiger partial charge in [0.05, 0.1) is 6.54 Å². The van der Waals surface area contributed by atoms with Crippen molar-refractivity contribution in [2.75, 3.05) is 6.54 Å². The molecule has 0 heterocycles. The number of rotatable bonds is 28. The molecule has 0 spiro atoms. The van der Waals surface area contributed by atoms with Gasteiger partial charge < -0.3 is 15.3 Å². The number of hydrogen-bond acceptors (Lipinski definition) is 3. The van der Waals surface area contributed by atoms with Crippen molar-refractivity contribution >= 4 is 17.9 Å². The average molecular weight is 569 g/mol. The second-order valence-corrected chi connectivity index (χ2v) is 11.6. The number of quaternary nitrogens is 1. The van der Waals surface area contributed by atoms with Crippen molar-refractivity contribution < 1.29 is 34.2 Å². The molecular formula is C33H62NO6+. The molecule has 0 amide bonds. The zero-order valence-electron chi connectivity index (χ0n) is 26.2. The van der Waals surface area contributed by atoms with Crippen molar-refractivity contribution in [1.29, 1.82) is 0 Å². The molecule has 0 radical (unpaired) electrons. The number of carboxylic acid groups (broad SMARTS) is 3. The first kappa shape index (κ1) is 38.1. The Kier molecular flexibility index (Phi) is 22.7. The van der Waals surface area contributed by atoms with Gasteiger partial charge in [0.25, 0.3) is 0 Å². The third-order valence-corrected chi connectivity index (χ3v) is 8.34. The van der Waals surface area contributed by atoms with Gasteiger partial charge in [0.15, 0.2) is 18.1 Å². The number of allylic oxidation sites excluding steroid dienone is 2. The molecule has 0 aliphatic carbocycles. The van der Waals surface area contributed by atoms with E-state index in [-0.39, 0.29) is 30.3 Å². The largest absolute Gasteiger partial charge is 0.477 e. The molecule has 3 N–H and O–H groups in total. The van der Waals surface area contributed by atoms with Gasteiger partial charge in [-0.3, -0.25) is 4.48 Å². The highest BCUT2D eigenvalue weighted by atomic mass is 16.4. The van der Waals surface area contributed by atoms with E-state index in [1.54, 1.807) is 0 Å². The Hall–Kier alpha value is -1.89. The molecular weight excluding hydrogens is 506 g/mol. The molecule has 0 aliphatic rings. The fourth-order valence-corrected chi connectivity index (χ4v) is 6.28. The van der Waals surface area contributed by atoms with Crippen LogP contribution < -0.4 is 0 Å². The summed E-state index contributed by atoms with van der Waals surface area (Å²) in [5.41, 5.74) is 0. The van der Waals surface area contributed by atoms with E-state index in [0.29, 0.717) is 25.7 Å². The fraction of sp³-hybridized carbons (Fsp3) is 0.848. The maximum absolute atomic E-state index is 12.6. The van der Waals surface area contributed by atoms with E-state index in [0.717, 1.165) is 19.3 Å². The first-order chi connectivity index (χ1) is 19.2. The van der Waals surface area contributed by atoms with Crippen LogP contribution in [0.1, 0.15) is 156 Å². The standard InChI is InChI=1S/C33H61NO6/c1-5-9-10-11-12-13-14-15-16-17-18-19-20-21-22-23-27-34(28(24-6-2)31(35)36,29(25-7-3)32(37)38)30(26-8-4)33(39)40/h12-13,28-30H,5-11,14-27H2,1-4H3,(H2-,35,36,37,38,39,40)/p+1/b13-12+. The van der Waals surface area contributed by atoms with Crippen molar-refractivity contribution in [3.8, 4) is 0 Å². The van der Waals surface area contributed by atoms with Gasteiger partial charge in [-0.05, 0) is 57.8 Å². The van der Waals surface area contributed by atoms with E-state index >= 15 is 0 Å². The van der Waals surface area contributed by atoms with E-state index in [1.807, 2.05) is 20.8 Å². The molecule has 0 aliphatic heterocycles. The molecule has 0 aromatic heterocycles. The van der Waals surface area contributed by atoms with Crippen molar-refractivity contribution in [3.63, 3.8) is 0 Å². The van der Waals surface area contributed by atoms with Crippen LogP contribution in [0.5, 0.6) is 0 Å². The molecule has 0 aromatic carbocycles. The van der Waals surface area contributed by atoms with Crippen LogP contribution in [0.2, 0.25) is 0 Å². The number of carboxylic acids is 3. The van der Waals surface area contributed by atoms with Crippen LogP contribution in [0.4, 0.5) is 0 Å². The van der Waals surface area contributed by atoms with Gasteiger partial charge in [0.2, 0.25) is 0 Å². The van der Waals surface area contributed by atoms with Crippen LogP contribution in [0.3, 0.4) is 0 Å². The molecule has 0 aromatic rings. The van der Waals surface area contributed by atoms with Crippen molar-refractivity contribution in [2.45, 2.75) is 174 Å². The Morgan fingerprint density at radius 3 is 1.15 bits per heavy atom. The van der Waals surface area contributed by atoms with Crippen LogP contribution in [-0.4, -0.2) is 62.4 Å². The lowest BCUT2D eigenvalue weighted by molar-refractivity contribution is -0.973. The smallest absolute Gasteiger partial charge is 0.362 e. The summed E-state index contributed by atoms with van der Waals surface area (Å²) < 4.78 is -0.372. The van der Waals surface area contributed by atoms with E-state index in [4.69, 9.17) is 0 Å². The molecule has 7 heteroatoms. The predicted molar refractivity (Wildman–Crippen MR) is 164 cm³/mol. The SMILES string of the molecule is CCCCC/C=C/CCCCCCCCCCC[N+](C(CCC)C(=O)O)(C(CCC)C(=O)O)C(CCC)C(=O)O. The summed E-state index contributed by atoms with van der Waals surface area (Å²) in [5, 5.41) is 30.8. The predicted octanol–water partition coefficient (Wildman–Crippen LogP) is 8.60. The summed E-state index contributed by atoms with van der Waals surface area (Å²) in [5.74, 6) is -3.25. The van der Waals surface area contributed by atoms with E-state index < -0.39 is 36.0 Å². The minimum Gasteiger partial charge on any atom is -0.477 e. The van der Waals surface area contributed by atoms with Crippen molar-refractivity contribution in [3.05, 3.63) is 12.2 Å². The maximum Gasteiger partial charge on any atom is 0.362 e. The highest BCUT2D eigenvalue weighted by Gasteiger charge is 2.56. The monoisotopic (exact) mass is 568 g/mol. The average Bonchev–Trinajstić information content (AvgIpc) is 2.91. The van der Waals surface area contributed by atoms with Crippen LogP contribution >= 0.6 is 0 Å². The zero-order chi connectivity index (χ0) is 30.2. The molecule has 7 nitrogen and oxygen atoms in total. The molecule has 40 heavy (non-hydrogen) atoms. The minimum atomic E-state index is -1.08. The lowest BCUT2D eigenvalue weighted by Gasteiger charge is -2.50. The van der Waals surface area contributed by atoms with Crippen LogP contribution in [0.25, 0.3) is 0 Å². The first-order valence-corrected chi connectivity index (χ1v) is 16.4. The summed E-state index contributed by atoms with van der Waals surface area (Å²) in [6.07, 6.45) is 23.1. The van der Waals surface area contributed by atoms with Gasteiger partial charge in [-0.15, -0.1) is 0 Å². The first-order valence-electron chi connectivity index (χ1n) is 16.4. The van der Waals surface area contributed by atoms with Crippen molar-refractivity contribution in [1.82, 2.24) is 0 Å². The molecule has 0 saturated heterocycles. The summed E-state index contributed by atoms with van der Waals surface area (Å²) in [4.78, 5) is 37.7. The van der Waals surface area contributed by atoms with Crippen LogP contribution in [0, 0.1) is 0 Å². The molecule has 0 rings (SSSR count). The Morgan fingerprint density at radius 2 is 0.825 bits per heavy atom. The van der Waals surface area contributed by atoms with Gasteiger partial charge in [-0.25, -0.2) is 14.4 Å². The van der Waals surface area contributed by atoms with Gasteiger partial charge in [0.1, 0.15) is 0 Å². The Balaban J connectivity index is 5.11. The number of aliphatic carboxylic acids is 3. The topological polar surface area (TPSA) is 112 Å². The Labute approximate surface area is 245 Å². The van der Waals surface area contributed by atoms with E-state index in [1.165, 1.54) is 64.2 Å². The second-order valence-electron chi connectivity index (χ2n) is 11.6. The number of hydrogen-bond donors (Lipinski definition) is 3. The van der Waals surface area contributed by atoms with Gasteiger partial charge in [0, 0.05) is 19.3 Å².